The maximum Gasteiger partial charge on any atom is 0.270 e. The summed E-state index contributed by atoms with van der Waals surface area (Å²) >= 11 is 0. The Morgan fingerprint density at radius 3 is 2.50 bits per heavy atom. The lowest BCUT2D eigenvalue weighted by Crippen LogP contribution is -2.38. The first-order valence-electron chi connectivity index (χ1n) is 8.53. The fourth-order valence-electron chi connectivity index (χ4n) is 3.56. The Morgan fingerprint density at radius 2 is 1.77 bits per heavy atom. The number of aromatic amines is 1. The van der Waals surface area contributed by atoms with Crippen LogP contribution in [0.5, 0.6) is 0 Å². The molecule has 2 aromatic carbocycles. The van der Waals surface area contributed by atoms with E-state index < -0.39 is 5.91 Å². The quantitative estimate of drug-likeness (QED) is 0.765. The number of benzene rings is 2. The van der Waals surface area contributed by atoms with Gasteiger partial charge in [0, 0.05) is 25.2 Å². The van der Waals surface area contributed by atoms with E-state index in [-0.39, 0.29) is 11.8 Å². The minimum Gasteiger partial charge on any atom is -0.366 e. The van der Waals surface area contributed by atoms with Crippen LogP contribution in [0.25, 0.3) is 0 Å². The van der Waals surface area contributed by atoms with Gasteiger partial charge in [-0.25, -0.2) is 0 Å². The van der Waals surface area contributed by atoms with Crippen molar-refractivity contribution in [1.82, 2.24) is 9.88 Å². The van der Waals surface area contributed by atoms with Gasteiger partial charge >= 0.3 is 0 Å². The van der Waals surface area contributed by atoms with Crippen LogP contribution < -0.4 is 5.73 Å². The van der Waals surface area contributed by atoms with Crippen molar-refractivity contribution in [3.63, 3.8) is 0 Å². The molecule has 0 saturated heterocycles. The summed E-state index contributed by atoms with van der Waals surface area (Å²) in [6, 6.07) is 20.0. The molecule has 0 bridgehead atoms. The van der Waals surface area contributed by atoms with Crippen molar-refractivity contribution in [3.05, 3.63) is 94.8 Å². The number of carbonyl (C=O) groups is 2. The molecule has 1 aliphatic rings. The summed E-state index contributed by atoms with van der Waals surface area (Å²) in [6.07, 6.45) is 1.47. The molecule has 1 aromatic heterocycles. The molecule has 5 heteroatoms. The number of fused-ring (bicyclic) bond motifs is 1. The van der Waals surface area contributed by atoms with Gasteiger partial charge in [-0.2, -0.15) is 0 Å². The number of rotatable bonds is 3. The first-order chi connectivity index (χ1) is 12.6. The second-order valence-corrected chi connectivity index (χ2v) is 6.51. The van der Waals surface area contributed by atoms with Crippen molar-refractivity contribution in [1.29, 1.82) is 0 Å². The topological polar surface area (TPSA) is 79.2 Å². The molecule has 26 heavy (non-hydrogen) atoms. The van der Waals surface area contributed by atoms with Gasteiger partial charge in [-0.1, -0.05) is 54.6 Å². The Balaban J connectivity index is 1.68. The zero-order chi connectivity index (χ0) is 18.1. The maximum atomic E-state index is 13.0. The monoisotopic (exact) mass is 345 g/mol. The van der Waals surface area contributed by atoms with Crippen LogP contribution in [0.1, 0.15) is 43.5 Å². The summed E-state index contributed by atoms with van der Waals surface area (Å²) in [5.41, 5.74) is 9.55. The number of H-pyrrole nitrogens is 1. The molecule has 4 rings (SSSR count). The van der Waals surface area contributed by atoms with Crippen LogP contribution in [0.4, 0.5) is 0 Å². The van der Waals surface area contributed by atoms with Crippen LogP contribution in [0.15, 0.2) is 66.9 Å². The predicted molar refractivity (Wildman–Crippen MR) is 98.8 cm³/mol. The molecule has 2 amide bonds. The molecule has 5 nitrogen and oxygen atoms in total. The standard InChI is InChI=1S/C21H19N3O2/c22-20(25)16-10-19(23-11-16)21(26)24-12-15-8-4-5-9-17(15)18(13-24)14-6-2-1-3-7-14/h1-11,18,23H,12-13H2,(H2,22,25). The number of nitrogens with zero attached hydrogens (tertiary/aromatic N) is 1. The minimum atomic E-state index is -0.550. The number of amides is 2. The van der Waals surface area contributed by atoms with Crippen LogP contribution >= 0.6 is 0 Å². The lowest BCUT2D eigenvalue weighted by molar-refractivity contribution is 0.0719. The Labute approximate surface area is 151 Å². The fraction of sp³-hybridized carbons (Fsp3) is 0.143. The lowest BCUT2D eigenvalue weighted by Gasteiger charge is -2.35. The van der Waals surface area contributed by atoms with Crippen LogP contribution in [0, 0.1) is 0 Å². The molecule has 2 heterocycles. The highest BCUT2D eigenvalue weighted by Gasteiger charge is 2.30. The Hall–Kier alpha value is -3.34. The Morgan fingerprint density at radius 1 is 1.04 bits per heavy atom. The Bertz CT molecular complexity index is 962. The van der Waals surface area contributed by atoms with Crippen molar-refractivity contribution < 1.29 is 9.59 Å². The molecular formula is C21H19N3O2. The van der Waals surface area contributed by atoms with Gasteiger partial charge < -0.3 is 15.6 Å². The zero-order valence-electron chi connectivity index (χ0n) is 14.2. The second kappa shape index (κ2) is 6.52. The molecule has 0 aliphatic carbocycles. The van der Waals surface area contributed by atoms with Crippen molar-refractivity contribution in [2.24, 2.45) is 5.73 Å². The third-order valence-corrected chi connectivity index (χ3v) is 4.88. The van der Waals surface area contributed by atoms with Gasteiger partial charge in [-0.05, 0) is 22.8 Å². The smallest absolute Gasteiger partial charge is 0.270 e. The third-order valence-electron chi connectivity index (χ3n) is 4.88. The molecule has 0 radical (unpaired) electrons. The van der Waals surface area contributed by atoms with Crippen molar-refractivity contribution >= 4 is 11.8 Å². The summed E-state index contributed by atoms with van der Waals surface area (Å²) < 4.78 is 0. The van der Waals surface area contributed by atoms with Gasteiger partial charge in [-0.3, -0.25) is 9.59 Å². The van der Waals surface area contributed by atoms with E-state index in [9.17, 15) is 9.59 Å². The largest absolute Gasteiger partial charge is 0.366 e. The molecule has 0 saturated carbocycles. The van der Waals surface area contributed by atoms with E-state index in [0.717, 1.165) is 5.56 Å². The minimum absolute atomic E-state index is 0.121. The molecule has 0 fully saturated rings. The van der Waals surface area contributed by atoms with Gasteiger partial charge in [0.25, 0.3) is 5.91 Å². The van der Waals surface area contributed by atoms with E-state index in [1.54, 1.807) is 0 Å². The van der Waals surface area contributed by atoms with E-state index in [1.807, 2.05) is 35.2 Å². The number of aromatic nitrogens is 1. The first kappa shape index (κ1) is 16.1. The first-order valence-corrected chi connectivity index (χ1v) is 8.53. The summed E-state index contributed by atoms with van der Waals surface area (Å²) in [5, 5.41) is 0. The number of primary amides is 1. The van der Waals surface area contributed by atoms with Crippen molar-refractivity contribution in [2.45, 2.75) is 12.5 Å². The molecule has 130 valence electrons. The van der Waals surface area contributed by atoms with Gasteiger partial charge in [0.05, 0.1) is 5.56 Å². The van der Waals surface area contributed by atoms with Crippen LogP contribution in [-0.2, 0) is 6.54 Å². The summed E-state index contributed by atoms with van der Waals surface area (Å²) in [6.45, 7) is 1.13. The van der Waals surface area contributed by atoms with Crippen LogP contribution in [-0.4, -0.2) is 28.2 Å². The molecule has 1 atom stereocenters. The highest BCUT2D eigenvalue weighted by molar-refractivity contribution is 5.98. The normalized spacial score (nSPS) is 16.2. The van der Waals surface area contributed by atoms with Gasteiger partial charge in [-0.15, -0.1) is 0 Å². The highest BCUT2D eigenvalue weighted by atomic mass is 16.2. The maximum absolute atomic E-state index is 13.0. The van der Waals surface area contributed by atoms with E-state index >= 15 is 0 Å². The zero-order valence-corrected chi connectivity index (χ0v) is 14.2. The van der Waals surface area contributed by atoms with Crippen molar-refractivity contribution in [2.75, 3.05) is 6.54 Å². The van der Waals surface area contributed by atoms with E-state index in [0.29, 0.717) is 24.3 Å². The lowest BCUT2D eigenvalue weighted by atomic mass is 9.84. The SMILES string of the molecule is NC(=O)c1c[nH]c(C(=O)N2Cc3ccccc3C(c3ccccc3)C2)c1. The summed E-state index contributed by atoms with van der Waals surface area (Å²) in [7, 11) is 0. The Kier molecular flexibility index (Phi) is 4.05. The van der Waals surface area contributed by atoms with E-state index in [2.05, 4.69) is 29.2 Å². The molecular weight excluding hydrogens is 326 g/mol. The molecule has 1 aliphatic heterocycles. The highest BCUT2D eigenvalue weighted by Crippen LogP contribution is 2.33. The van der Waals surface area contributed by atoms with Crippen LogP contribution in [0.2, 0.25) is 0 Å². The number of hydrogen-bond donors (Lipinski definition) is 2. The van der Waals surface area contributed by atoms with E-state index in [4.69, 9.17) is 5.73 Å². The molecule has 0 spiro atoms. The van der Waals surface area contributed by atoms with E-state index in [1.165, 1.54) is 23.4 Å². The van der Waals surface area contributed by atoms with Crippen molar-refractivity contribution in [3.8, 4) is 0 Å². The molecule has 3 aromatic rings. The second-order valence-electron chi connectivity index (χ2n) is 6.51. The summed E-state index contributed by atoms with van der Waals surface area (Å²) in [5.74, 6) is -0.560. The fourth-order valence-corrected chi connectivity index (χ4v) is 3.56. The van der Waals surface area contributed by atoms with Gasteiger partial charge in [0.1, 0.15) is 5.69 Å². The van der Waals surface area contributed by atoms with Gasteiger partial charge in [0.15, 0.2) is 0 Å². The summed E-state index contributed by atoms with van der Waals surface area (Å²) in [4.78, 5) is 28.9. The predicted octanol–water partition coefficient (Wildman–Crippen LogP) is 2.90. The number of nitrogens with one attached hydrogen (secondary N) is 1. The average molecular weight is 345 g/mol. The molecule has 1 unspecified atom stereocenters. The third kappa shape index (κ3) is 2.88. The number of carbonyl (C=O) groups excluding carboxylic acids is 2. The van der Waals surface area contributed by atoms with Gasteiger partial charge in [0.2, 0.25) is 5.91 Å². The molecule has 3 N–H and O–H groups in total. The number of nitrogens with two attached hydrogens (primary N) is 1. The average Bonchev–Trinajstić information content (AvgIpc) is 3.18. The number of hydrogen-bond acceptors (Lipinski definition) is 2. The van der Waals surface area contributed by atoms with Crippen LogP contribution in [0.3, 0.4) is 0 Å².